The van der Waals surface area contributed by atoms with Crippen molar-refractivity contribution in [2.24, 2.45) is 5.73 Å². The fourth-order valence-electron chi connectivity index (χ4n) is 2.95. The van der Waals surface area contributed by atoms with Crippen molar-refractivity contribution in [3.8, 4) is 0 Å². The lowest BCUT2D eigenvalue weighted by molar-refractivity contribution is 0.0846. The first-order valence-electron chi connectivity index (χ1n) is 7.38. The second kappa shape index (κ2) is 6.00. The van der Waals surface area contributed by atoms with Crippen LogP contribution in [0.5, 0.6) is 0 Å². The highest BCUT2D eigenvalue weighted by Crippen LogP contribution is 2.31. The van der Waals surface area contributed by atoms with Gasteiger partial charge in [-0.25, -0.2) is 8.42 Å². The second-order valence-corrected chi connectivity index (χ2v) is 7.52. The van der Waals surface area contributed by atoms with E-state index in [-0.39, 0.29) is 12.3 Å². The van der Waals surface area contributed by atoms with E-state index in [0.29, 0.717) is 36.4 Å². The van der Waals surface area contributed by atoms with Gasteiger partial charge in [-0.05, 0) is 31.2 Å². The van der Waals surface area contributed by atoms with Crippen molar-refractivity contribution >= 4 is 16.1 Å². The maximum atomic E-state index is 13.0. The fraction of sp³-hybridized carbons (Fsp3) is 0.467. The standard InChI is InChI=1S/C15H21N3O3S/c1-21-15-13-3-2-4-14(12(13)5-8-17-15)22(19,20)18-9-6-11(16)7-10-18/h2-5,8,11,15,17H,6-7,9-10,16H2,1H3. The van der Waals surface area contributed by atoms with Crippen LogP contribution >= 0.6 is 0 Å². The molecule has 120 valence electrons. The quantitative estimate of drug-likeness (QED) is 0.867. The molecule has 7 heteroatoms. The Morgan fingerprint density at radius 2 is 2.05 bits per heavy atom. The van der Waals surface area contributed by atoms with Gasteiger partial charge in [0, 0.05) is 37.4 Å². The Balaban J connectivity index is 2.00. The van der Waals surface area contributed by atoms with E-state index in [4.69, 9.17) is 10.5 Å². The molecule has 1 unspecified atom stereocenters. The van der Waals surface area contributed by atoms with E-state index in [1.807, 2.05) is 6.07 Å². The van der Waals surface area contributed by atoms with Crippen LogP contribution in [0.25, 0.3) is 6.08 Å². The van der Waals surface area contributed by atoms with Crippen LogP contribution in [0, 0.1) is 0 Å². The lowest BCUT2D eigenvalue weighted by Crippen LogP contribution is -2.43. The van der Waals surface area contributed by atoms with Gasteiger partial charge in [0.25, 0.3) is 0 Å². The smallest absolute Gasteiger partial charge is 0.243 e. The van der Waals surface area contributed by atoms with Crippen LogP contribution in [-0.2, 0) is 14.8 Å². The van der Waals surface area contributed by atoms with Crippen LogP contribution in [-0.4, -0.2) is 39.0 Å². The number of rotatable bonds is 3. The zero-order valence-corrected chi connectivity index (χ0v) is 13.3. The van der Waals surface area contributed by atoms with E-state index in [9.17, 15) is 8.42 Å². The molecule has 0 aliphatic carbocycles. The minimum Gasteiger partial charge on any atom is -0.362 e. The molecule has 0 bridgehead atoms. The first-order chi connectivity index (χ1) is 10.5. The summed E-state index contributed by atoms with van der Waals surface area (Å²) in [5.74, 6) is 0. The van der Waals surface area contributed by atoms with E-state index in [2.05, 4.69) is 5.32 Å². The molecule has 3 N–H and O–H groups in total. The van der Waals surface area contributed by atoms with Crippen LogP contribution in [0.1, 0.15) is 30.2 Å². The van der Waals surface area contributed by atoms with Crippen molar-refractivity contribution in [1.82, 2.24) is 9.62 Å². The van der Waals surface area contributed by atoms with Crippen molar-refractivity contribution < 1.29 is 13.2 Å². The number of benzene rings is 1. The summed E-state index contributed by atoms with van der Waals surface area (Å²) in [6.45, 7) is 0.950. The molecule has 1 aromatic rings. The number of sulfonamides is 1. The zero-order chi connectivity index (χ0) is 15.7. The molecule has 0 saturated carbocycles. The first-order valence-corrected chi connectivity index (χ1v) is 8.82. The van der Waals surface area contributed by atoms with E-state index >= 15 is 0 Å². The van der Waals surface area contributed by atoms with Gasteiger partial charge in [0.2, 0.25) is 10.0 Å². The topological polar surface area (TPSA) is 84.7 Å². The normalized spacial score (nSPS) is 23.1. The molecule has 2 aliphatic heterocycles. The van der Waals surface area contributed by atoms with Gasteiger partial charge in [0.05, 0.1) is 4.90 Å². The predicted octanol–water partition coefficient (Wildman–Crippen LogP) is 1.02. The molecule has 0 spiro atoms. The Morgan fingerprint density at radius 1 is 1.32 bits per heavy atom. The van der Waals surface area contributed by atoms with Crippen LogP contribution in [0.2, 0.25) is 0 Å². The van der Waals surface area contributed by atoms with E-state index in [1.54, 1.807) is 31.5 Å². The molecule has 0 amide bonds. The third-order valence-corrected chi connectivity index (χ3v) is 6.19. The summed E-state index contributed by atoms with van der Waals surface area (Å²) in [7, 11) is -1.92. The summed E-state index contributed by atoms with van der Waals surface area (Å²) >= 11 is 0. The molecule has 1 atom stereocenters. The Bertz CT molecular complexity index is 679. The van der Waals surface area contributed by atoms with Crippen molar-refractivity contribution in [2.45, 2.75) is 30.0 Å². The second-order valence-electron chi connectivity index (χ2n) is 5.62. The van der Waals surface area contributed by atoms with Gasteiger partial charge < -0.3 is 15.8 Å². The summed E-state index contributed by atoms with van der Waals surface area (Å²) in [5, 5.41) is 3.06. The number of nitrogens with zero attached hydrogens (tertiary/aromatic N) is 1. The molecule has 22 heavy (non-hydrogen) atoms. The van der Waals surface area contributed by atoms with Crippen molar-refractivity contribution in [3.63, 3.8) is 0 Å². The Kier molecular flexibility index (Phi) is 4.22. The average molecular weight is 323 g/mol. The molecule has 2 aliphatic rings. The van der Waals surface area contributed by atoms with Crippen molar-refractivity contribution in [2.75, 3.05) is 20.2 Å². The molecular weight excluding hydrogens is 302 g/mol. The number of nitrogens with two attached hydrogens (primary N) is 1. The fourth-order valence-corrected chi connectivity index (χ4v) is 4.64. The van der Waals surface area contributed by atoms with Gasteiger partial charge >= 0.3 is 0 Å². The number of piperidine rings is 1. The van der Waals surface area contributed by atoms with Crippen LogP contribution in [0.15, 0.2) is 29.3 Å². The van der Waals surface area contributed by atoms with Gasteiger partial charge in [0.15, 0.2) is 6.23 Å². The summed E-state index contributed by atoms with van der Waals surface area (Å²) in [6, 6.07) is 5.39. The molecular formula is C15H21N3O3S. The van der Waals surface area contributed by atoms with Gasteiger partial charge in [-0.2, -0.15) is 4.31 Å². The maximum absolute atomic E-state index is 13.0. The SMILES string of the molecule is COC1NC=Cc2c1cccc2S(=O)(=O)N1CCC(N)CC1. The molecule has 6 nitrogen and oxygen atoms in total. The lowest BCUT2D eigenvalue weighted by Gasteiger charge is -2.31. The van der Waals surface area contributed by atoms with Gasteiger partial charge in [0.1, 0.15) is 0 Å². The molecule has 3 rings (SSSR count). The summed E-state index contributed by atoms with van der Waals surface area (Å²) < 4.78 is 32.8. The monoisotopic (exact) mass is 323 g/mol. The number of ether oxygens (including phenoxy) is 1. The Labute approximate surface area is 131 Å². The molecule has 1 fully saturated rings. The number of hydrogen-bond donors (Lipinski definition) is 2. The number of methoxy groups -OCH3 is 1. The van der Waals surface area contributed by atoms with Gasteiger partial charge in [-0.15, -0.1) is 0 Å². The van der Waals surface area contributed by atoms with Crippen molar-refractivity contribution in [3.05, 3.63) is 35.5 Å². The Morgan fingerprint density at radius 3 is 2.73 bits per heavy atom. The maximum Gasteiger partial charge on any atom is 0.243 e. The third kappa shape index (κ3) is 2.65. The highest BCUT2D eigenvalue weighted by atomic mass is 32.2. The minimum atomic E-state index is -3.52. The molecule has 1 aromatic carbocycles. The summed E-state index contributed by atoms with van der Waals surface area (Å²) in [4.78, 5) is 0.334. The molecule has 0 radical (unpaired) electrons. The predicted molar refractivity (Wildman–Crippen MR) is 84.3 cm³/mol. The zero-order valence-electron chi connectivity index (χ0n) is 12.5. The van der Waals surface area contributed by atoms with Crippen molar-refractivity contribution in [1.29, 1.82) is 0 Å². The van der Waals surface area contributed by atoms with E-state index < -0.39 is 10.0 Å². The van der Waals surface area contributed by atoms with Gasteiger partial charge in [-0.1, -0.05) is 12.1 Å². The average Bonchev–Trinajstić information content (AvgIpc) is 2.54. The Hall–Kier alpha value is -1.41. The molecule has 2 heterocycles. The van der Waals surface area contributed by atoms with Gasteiger partial charge in [-0.3, -0.25) is 0 Å². The largest absolute Gasteiger partial charge is 0.362 e. The van der Waals surface area contributed by atoms with E-state index in [1.165, 1.54) is 4.31 Å². The number of nitrogens with one attached hydrogen (secondary N) is 1. The highest BCUT2D eigenvalue weighted by Gasteiger charge is 2.31. The number of fused-ring (bicyclic) bond motifs is 1. The number of hydrogen-bond acceptors (Lipinski definition) is 5. The van der Waals surface area contributed by atoms with Crippen LogP contribution in [0.3, 0.4) is 0 Å². The molecule has 0 aromatic heterocycles. The molecule has 1 saturated heterocycles. The van der Waals surface area contributed by atoms with E-state index in [0.717, 1.165) is 5.56 Å². The third-order valence-electron chi connectivity index (χ3n) is 4.23. The minimum absolute atomic E-state index is 0.0955. The summed E-state index contributed by atoms with van der Waals surface area (Å²) in [5.41, 5.74) is 7.40. The van der Waals surface area contributed by atoms with Crippen LogP contribution < -0.4 is 11.1 Å². The van der Waals surface area contributed by atoms with Crippen LogP contribution in [0.4, 0.5) is 0 Å². The first kappa shape index (κ1) is 15.5. The lowest BCUT2D eigenvalue weighted by atomic mass is 10.0. The summed E-state index contributed by atoms with van der Waals surface area (Å²) in [6.07, 6.45) is 4.58. The highest BCUT2D eigenvalue weighted by molar-refractivity contribution is 7.89.